The molecule has 1 aromatic carbocycles. The summed E-state index contributed by atoms with van der Waals surface area (Å²) in [6, 6.07) is 6.30. The summed E-state index contributed by atoms with van der Waals surface area (Å²) in [5, 5.41) is 10.1. The van der Waals surface area contributed by atoms with Crippen molar-refractivity contribution < 1.29 is 14.3 Å². The first kappa shape index (κ1) is 14.7. The summed E-state index contributed by atoms with van der Waals surface area (Å²) in [6.07, 6.45) is 0.517. The number of hydrogen-bond acceptors (Lipinski definition) is 3. The van der Waals surface area contributed by atoms with Gasteiger partial charge in [0.15, 0.2) is 0 Å². The predicted octanol–water partition coefficient (Wildman–Crippen LogP) is 3.39. The van der Waals surface area contributed by atoms with E-state index in [4.69, 9.17) is 0 Å². The highest BCUT2D eigenvalue weighted by Crippen LogP contribution is 2.22. The molecule has 0 amide bonds. The molecule has 5 heteroatoms. The Labute approximate surface area is 121 Å². The van der Waals surface area contributed by atoms with Crippen molar-refractivity contribution in [2.24, 2.45) is 5.92 Å². The van der Waals surface area contributed by atoms with Gasteiger partial charge >= 0.3 is 5.97 Å². The van der Waals surface area contributed by atoms with Crippen molar-refractivity contribution in [3.8, 4) is 0 Å². The van der Waals surface area contributed by atoms with Crippen molar-refractivity contribution in [1.82, 2.24) is 4.98 Å². The molecule has 0 aliphatic heterocycles. The lowest BCUT2D eigenvalue weighted by atomic mass is 9.96. The number of carbonyl (C=O) groups is 1. The van der Waals surface area contributed by atoms with Crippen LogP contribution in [-0.4, -0.2) is 16.1 Å². The molecule has 1 heterocycles. The minimum absolute atomic E-state index is 0.180. The van der Waals surface area contributed by atoms with Crippen LogP contribution in [0.25, 0.3) is 0 Å². The molecule has 106 valence electrons. The van der Waals surface area contributed by atoms with Gasteiger partial charge in [-0.3, -0.25) is 4.79 Å². The number of rotatable bonds is 5. The lowest BCUT2D eigenvalue weighted by Crippen LogP contribution is -2.19. The molecule has 2 rings (SSSR count). The highest BCUT2D eigenvalue weighted by molar-refractivity contribution is 7.11. The van der Waals surface area contributed by atoms with Gasteiger partial charge in [-0.05, 0) is 31.9 Å². The second kappa shape index (κ2) is 6.13. The highest BCUT2D eigenvalue weighted by Gasteiger charge is 2.22. The first-order valence-corrected chi connectivity index (χ1v) is 7.18. The first-order valence-electron chi connectivity index (χ1n) is 6.36. The van der Waals surface area contributed by atoms with Crippen molar-refractivity contribution in [3.05, 3.63) is 51.2 Å². The topological polar surface area (TPSA) is 50.2 Å². The van der Waals surface area contributed by atoms with Crippen LogP contribution in [0.5, 0.6) is 0 Å². The second-order valence-electron chi connectivity index (χ2n) is 4.78. The molecule has 3 nitrogen and oxygen atoms in total. The molecular formula is C15H16FNO2S. The van der Waals surface area contributed by atoms with Crippen molar-refractivity contribution >= 4 is 17.3 Å². The Morgan fingerprint density at radius 3 is 2.60 bits per heavy atom. The van der Waals surface area contributed by atoms with Crippen LogP contribution in [0.2, 0.25) is 0 Å². The minimum atomic E-state index is -0.918. The number of aliphatic carboxylic acids is 1. The standard InChI is InChI=1S/C15H16FNO2S/c1-9-10(2)20-14(17-9)8-12(15(18)19)7-11-5-3-4-6-13(11)16/h3-6,12H,7-8H2,1-2H3,(H,18,19). The molecule has 0 aliphatic carbocycles. The van der Waals surface area contributed by atoms with Crippen LogP contribution in [0.4, 0.5) is 4.39 Å². The van der Waals surface area contributed by atoms with E-state index < -0.39 is 11.9 Å². The van der Waals surface area contributed by atoms with Crippen LogP contribution in [0.1, 0.15) is 21.1 Å². The molecule has 1 N–H and O–H groups in total. The monoisotopic (exact) mass is 293 g/mol. The Morgan fingerprint density at radius 1 is 1.35 bits per heavy atom. The minimum Gasteiger partial charge on any atom is -0.481 e. The maximum absolute atomic E-state index is 13.6. The van der Waals surface area contributed by atoms with Gasteiger partial charge in [0.1, 0.15) is 5.82 Å². The number of aromatic nitrogens is 1. The van der Waals surface area contributed by atoms with E-state index in [1.807, 2.05) is 13.8 Å². The fraction of sp³-hybridized carbons (Fsp3) is 0.333. The number of benzene rings is 1. The fourth-order valence-electron chi connectivity index (χ4n) is 2.01. The van der Waals surface area contributed by atoms with Crippen molar-refractivity contribution in [3.63, 3.8) is 0 Å². The SMILES string of the molecule is Cc1nc(CC(Cc2ccccc2F)C(=O)O)sc1C. The van der Waals surface area contributed by atoms with Gasteiger partial charge < -0.3 is 5.11 Å². The summed E-state index contributed by atoms with van der Waals surface area (Å²) in [5.41, 5.74) is 1.37. The Morgan fingerprint density at radius 2 is 2.05 bits per heavy atom. The van der Waals surface area contributed by atoms with E-state index >= 15 is 0 Å². The summed E-state index contributed by atoms with van der Waals surface area (Å²) < 4.78 is 13.6. The van der Waals surface area contributed by atoms with E-state index in [-0.39, 0.29) is 12.2 Å². The fourth-order valence-corrected chi connectivity index (χ4v) is 3.03. The maximum Gasteiger partial charge on any atom is 0.307 e. The van der Waals surface area contributed by atoms with Gasteiger partial charge in [0, 0.05) is 11.3 Å². The van der Waals surface area contributed by atoms with Crippen molar-refractivity contribution in [2.45, 2.75) is 26.7 Å². The number of nitrogens with zero attached hydrogens (tertiary/aromatic N) is 1. The summed E-state index contributed by atoms with van der Waals surface area (Å²) in [5.74, 6) is -1.93. The lowest BCUT2D eigenvalue weighted by Gasteiger charge is -2.11. The van der Waals surface area contributed by atoms with Crippen molar-refractivity contribution in [2.75, 3.05) is 0 Å². The number of thiazole rings is 1. The zero-order chi connectivity index (χ0) is 14.7. The second-order valence-corrected chi connectivity index (χ2v) is 6.07. The van der Waals surface area contributed by atoms with Crippen LogP contribution in [-0.2, 0) is 17.6 Å². The van der Waals surface area contributed by atoms with Gasteiger partial charge in [-0.2, -0.15) is 0 Å². The average molecular weight is 293 g/mol. The number of aryl methyl sites for hydroxylation is 2. The van der Waals surface area contributed by atoms with Crippen LogP contribution in [0, 0.1) is 25.6 Å². The molecule has 1 unspecified atom stereocenters. The van der Waals surface area contributed by atoms with Gasteiger partial charge in [0.25, 0.3) is 0 Å². The number of carboxylic acids is 1. The summed E-state index contributed by atoms with van der Waals surface area (Å²) in [6.45, 7) is 3.87. The predicted molar refractivity (Wildman–Crippen MR) is 76.5 cm³/mol. The molecule has 0 aliphatic rings. The third kappa shape index (κ3) is 3.42. The normalized spacial score (nSPS) is 12.3. The van der Waals surface area contributed by atoms with Gasteiger partial charge in [-0.1, -0.05) is 18.2 Å². The third-order valence-electron chi connectivity index (χ3n) is 3.27. The smallest absolute Gasteiger partial charge is 0.307 e. The molecule has 0 radical (unpaired) electrons. The zero-order valence-electron chi connectivity index (χ0n) is 11.4. The van der Waals surface area contributed by atoms with Crippen LogP contribution < -0.4 is 0 Å². The van der Waals surface area contributed by atoms with Gasteiger partial charge in [-0.15, -0.1) is 11.3 Å². The molecule has 1 aromatic heterocycles. The molecule has 2 aromatic rings. The van der Waals surface area contributed by atoms with Crippen molar-refractivity contribution in [1.29, 1.82) is 0 Å². The highest BCUT2D eigenvalue weighted by atomic mass is 32.1. The summed E-state index contributed by atoms with van der Waals surface area (Å²) in [4.78, 5) is 16.8. The molecule has 1 atom stereocenters. The maximum atomic E-state index is 13.6. The largest absolute Gasteiger partial charge is 0.481 e. The van der Waals surface area contributed by atoms with E-state index in [2.05, 4.69) is 4.98 Å². The van der Waals surface area contributed by atoms with E-state index in [0.29, 0.717) is 12.0 Å². The lowest BCUT2D eigenvalue weighted by molar-refractivity contribution is -0.141. The molecule has 0 spiro atoms. The van der Waals surface area contributed by atoms with E-state index in [0.717, 1.165) is 15.6 Å². The quantitative estimate of drug-likeness (QED) is 0.919. The molecule has 0 saturated carbocycles. The number of hydrogen-bond donors (Lipinski definition) is 1. The summed E-state index contributed by atoms with van der Waals surface area (Å²) >= 11 is 1.51. The number of halogens is 1. The van der Waals surface area contributed by atoms with Gasteiger partial charge in [0.2, 0.25) is 0 Å². The van der Waals surface area contributed by atoms with Crippen LogP contribution >= 0.6 is 11.3 Å². The molecule has 20 heavy (non-hydrogen) atoms. The summed E-state index contributed by atoms with van der Waals surface area (Å²) in [7, 11) is 0. The number of carboxylic acid groups (broad SMARTS) is 1. The van der Waals surface area contributed by atoms with Crippen LogP contribution in [0.15, 0.2) is 24.3 Å². The van der Waals surface area contributed by atoms with Crippen LogP contribution in [0.3, 0.4) is 0 Å². The van der Waals surface area contributed by atoms with E-state index in [1.54, 1.807) is 18.2 Å². The Hall–Kier alpha value is -1.75. The first-order chi connectivity index (χ1) is 9.47. The zero-order valence-corrected chi connectivity index (χ0v) is 12.2. The Kier molecular flexibility index (Phi) is 4.49. The third-order valence-corrected chi connectivity index (χ3v) is 4.36. The molecule has 0 fully saturated rings. The van der Waals surface area contributed by atoms with E-state index in [9.17, 15) is 14.3 Å². The van der Waals surface area contributed by atoms with Gasteiger partial charge in [0.05, 0.1) is 16.6 Å². The molecule has 0 saturated heterocycles. The van der Waals surface area contributed by atoms with E-state index in [1.165, 1.54) is 17.4 Å². The molecular weight excluding hydrogens is 277 g/mol. The Bertz CT molecular complexity index is 605. The Balaban J connectivity index is 2.16. The average Bonchev–Trinajstić information content (AvgIpc) is 2.70. The molecule has 0 bridgehead atoms. The van der Waals surface area contributed by atoms with Gasteiger partial charge in [-0.25, -0.2) is 9.37 Å².